The van der Waals surface area contributed by atoms with Crippen LogP contribution in [-0.2, 0) is 6.54 Å². The van der Waals surface area contributed by atoms with Gasteiger partial charge in [-0.3, -0.25) is 4.79 Å². The molecule has 0 spiro atoms. The van der Waals surface area contributed by atoms with Crippen molar-refractivity contribution in [3.8, 4) is 17.2 Å². The van der Waals surface area contributed by atoms with E-state index in [1.807, 2.05) is 48.5 Å². The van der Waals surface area contributed by atoms with E-state index in [1.54, 1.807) is 18.3 Å². The summed E-state index contributed by atoms with van der Waals surface area (Å²) in [6.07, 6.45) is 3.75. The molecule has 0 atom stereocenters. The van der Waals surface area contributed by atoms with Crippen molar-refractivity contribution in [2.75, 3.05) is 6.61 Å². The van der Waals surface area contributed by atoms with Crippen LogP contribution in [0.2, 0.25) is 0 Å². The van der Waals surface area contributed by atoms with Gasteiger partial charge in [0, 0.05) is 23.9 Å². The molecule has 0 aliphatic carbocycles. The van der Waals surface area contributed by atoms with Gasteiger partial charge in [0.05, 0.1) is 6.61 Å². The molecule has 30 heavy (non-hydrogen) atoms. The van der Waals surface area contributed by atoms with Crippen molar-refractivity contribution in [1.29, 1.82) is 0 Å². The fourth-order valence-electron chi connectivity index (χ4n) is 3.00. The Morgan fingerprint density at radius 1 is 1.10 bits per heavy atom. The maximum atomic E-state index is 12.5. The number of rotatable bonds is 8. The lowest BCUT2D eigenvalue weighted by atomic mass is 10.1. The summed E-state index contributed by atoms with van der Waals surface area (Å²) in [5.41, 5.74) is 3.67. The fraction of sp³-hybridized carbons (Fsp3) is 0.208. The number of unbranched alkanes of at least 4 members (excludes halogenated alkanes) is 1. The molecule has 6 nitrogen and oxygen atoms in total. The summed E-state index contributed by atoms with van der Waals surface area (Å²) in [5.74, 6) is 1.11. The molecule has 0 unspecified atom stereocenters. The Labute approximate surface area is 174 Å². The number of aromatic nitrogens is 2. The standard InChI is InChI=1S/C24H23N3O3/c1-2-3-14-29-20-7-4-6-19(15-20)23(28)26-16-17-9-11-18(12-10-17)24-27-22-21(30-24)8-5-13-25-22/h4-13,15H,2-3,14,16H2,1H3,(H,26,28). The Morgan fingerprint density at radius 2 is 1.97 bits per heavy atom. The van der Waals surface area contributed by atoms with Crippen LogP contribution in [-0.4, -0.2) is 22.5 Å². The third-order valence-corrected chi connectivity index (χ3v) is 4.68. The smallest absolute Gasteiger partial charge is 0.251 e. The van der Waals surface area contributed by atoms with Gasteiger partial charge in [0.1, 0.15) is 5.75 Å². The molecule has 152 valence electrons. The Balaban J connectivity index is 1.37. The van der Waals surface area contributed by atoms with Gasteiger partial charge in [-0.25, -0.2) is 4.98 Å². The molecular weight excluding hydrogens is 378 g/mol. The third kappa shape index (κ3) is 4.66. The van der Waals surface area contributed by atoms with Gasteiger partial charge in [-0.1, -0.05) is 31.5 Å². The van der Waals surface area contributed by atoms with E-state index >= 15 is 0 Å². The number of carbonyl (C=O) groups excluding carboxylic acids is 1. The number of pyridine rings is 1. The first-order valence-corrected chi connectivity index (χ1v) is 10.0. The zero-order valence-corrected chi connectivity index (χ0v) is 16.8. The van der Waals surface area contributed by atoms with Crippen LogP contribution in [0.3, 0.4) is 0 Å². The average molecular weight is 401 g/mol. The predicted molar refractivity (Wildman–Crippen MR) is 115 cm³/mol. The predicted octanol–water partition coefficient (Wildman–Crippen LogP) is 5.00. The van der Waals surface area contributed by atoms with Crippen LogP contribution in [0.4, 0.5) is 0 Å². The second-order valence-electron chi connectivity index (χ2n) is 6.95. The first-order chi connectivity index (χ1) is 14.7. The van der Waals surface area contributed by atoms with Crippen molar-refractivity contribution >= 4 is 17.1 Å². The number of oxazole rings is 1. The van der Waals surface area contributed by atoms with Crippen molar-refractivity contribution < 1.29 is 13.9 Å². The molecule has 0 saturated carbocycles. The van der Waals surface area contributed by atoms with Gasteiger partial charge in [-0.15, -0.1) is 0 Å². The molecule has 0 aliphatic heterocycles. The van der Waals surface area contributed by atoms with Gasteiger partial charge < -0.3 is 14.5 Å². The summed E-state index contributed by atoms with van der Waals surface area (Å²) >= 11 is 0. The number of carbonyl (C=O) groups is 1. The molecule has 2 aromatic carbocycles. The number of ether oxygens (including phenoxy) is 1. The quantitative estimate of drug-likeness (QED) is 0.421. The monoisotopic (exact) mass is 401 g/mol. The number of fused-ring (bicyclic) bond motifs is 1. The Kier molecular flexibility index (Phi) is 6.03. The lowest BCUT2D eigenvalue weighted by Crippen LogP contribution is -2.22. The molecule has 0 aliphatic rings. The van der Waals surface area contributed by atoms with Gasteiger partial charge in [-0.2, -0.15) is 4.98 Å². The van der Waals surface area contributed by atoms with Crippen LogP contribution in [0.25, 0.3) is 22.7 Å². The van der Waals surface area contributed by atoms with E-state index in [0.717, 1.165) is 24.0 Å². The van der Waals surface area contributed by atoms with Crippen LogP contribution in [0, 0.1) is 0 Å². The number of hydrogen-bond acceptors (Lipinski definition) is 5. The Bertz CT molecular complexity index is 1100. The van der Waals surface area contributed by atoms with E-state index in [4.69, 9.17) is 9.15 Å². The van der Waals surface area contributed by atoms with E-state index in [2.05, 4.69) is 22.2 Å². The maximum Gasteiger partial charge on any atom is 0.251 e. The Morgan fingerprint density at radius 3 is 2.77 bits per heavy atom. The highest BCUT2D eigenvalue weighted by Crippen LogP contribution is 2.23. The van der Waals surface area contributed by atoms with E-state index in [9.17, 15) is 4.79 Å². The van der Waals surface area contributed by atoms with Gasteiger partial charge in [0.2, 0.25) is 5.89 Å². The molecule has 6 heteroatoms. The van der Waals surface area contributed by atoms with Crippen LogP contribution < -0.4 is 10.1 Å². The molecule has 1 N–H and O–H groups in total. The molecule has 4 aromatic rings. The van der Waals surface area contributed by atoms with Gasteiger partial charge in [-0.05, 0) is 54.4 Å². The second-order valence-corrected chi connectivity index (χ2v) is 6.95. The minimum Gasteiger partial charge on any atom is -0.494 e. The number of nitrogens with zero attached hydrogens (tertiary/aromatic N) is 2. The number of amides is 1. The van der Waals surface area contributed by atoms with Gasteiger partial charge in [0.15, 0.2) is 11.2 Å². The first kappa shape index (κ1) is 19.6. The zero-order chi connectivity index (χ0) is 20.8. The van der Waals surface area contributed by atoms with Crippen molar-refractivity contribution in [1.82, 2.24) is 15.3 Å². The highest BCUT2D eigenvalue weighted by Gasteiger charge is 2.10. The van der Waals surface area contributed by atoms with Crippen LogP contribution in [0.15, 0.2) is 71.3 Å². The minimum absolute atomic E-state index is 0.134. The van der Waals surface area contributed by atoms with Crippen LogP contribution >= 0.6 is 0 Å². The number of nitrogens with one attached hydrogen (secondary N) is 1. The highest BCUT2D eigenvalue weighted by atomic mass is 16.5. The maximum absolute atomic E-state index is 12.5. The fourth-order valence-corrected chi connectivity index (χ4v) is 3.00. The summed E-state index contributed by atoms with van der Waals surface area (Å²) < 4.78 is 11.4. The van der Waals surface area contributed by atoms with Crippen molar-refractivity contribution in [3.63, 3.8) is 0 Å². The SMILES string of the molecule is CCCCOc1cccc(C(=O)NCc2ccc(-c3nc4ncccc4o3)cc2)c1. The summed E-state index contributed by atoms with van der Waals surface area (Å²) in [5, 5.41) is 2.95. The van der Waals surface area contributed by atoms with E-state index in [0.29, 0.717) is 41.6 Å². The summed E-state index contributed by atoms with van der Waals surface area (Å²) in [4.78, 5) is 21.1. The number of benzene rings is 2. The van der Waals surface area contributed by atoms with Crippen molar-refractivity contribution in [2.45, 2.75) is 26.3 Å². The molecular formula is C24H23N3O3. The van der Waals surface area contributed by atoms with Crippen LogP contribution in [0.5, 0.6) is 5.75 Å². The summed E-state index contributed by atoms with van der Waals surface area (Å²) in [6.45, 7) is 3.20. The summed E-state index contributed by atoms with van der Waals surface area (Å²) in [6, 6.07) is 18.7. The average Bonchev–Trinajstić information content (AvgIpc) is 3.22. The Hall–Kier alpha value is -3.67. The molecule has 2 heterocycles. The highest BCUT2D eigenvalue weighted by molar-refractivity contribution is 5.94. The normalized spacial score (nSPS) is 10.8. The van der Waals surface area contributed by atoms with E-state index < -0.39 is 0 Å². The first-order valence-electron chi connectivity index (χ1n) is 10.0. The van der Waals surface area contributed by atoms with Crippen LogP contribution in [0.1, 0.15) is 35.7 Å². The van der Waals surface area contributed by atoms with E-state index in [1.165, 1.54) is 0 Å². The molecule has 4 rings (SSSR count). The molecule has 0 fully saturated rings. The third-order valence-electron chi connectivity index (χ3n) is 4.68. The van der Waals surface area contributed by atoms with E-state index in [-0.39, 0.29) is 5.91 Å². The zero-order valence-electron chi connectivity index (χ0n) is 16.8. The number of hydrogen-bond donors (Lipinski definition) is 1. The minimum atomic E-state index is -0.134. The largest absolute Gasteiger partial charge is 0.494 e. The lowest BCUT2D eigenvalue weighted by Gasteiger charge is -2.09. The van der Waals surface area contributed by atoms with Crippen molar-refractivity contribution in [2.24, 2.45) is 0 Å². The second kappa shape index (κ2) is 9.22. The lowest BCUT2D eigenvalue weighted by molar-refractivity contribution is 0.0950. The molecule has 2 aromatic heterocycles. The van der Waals surface area contributed by atoms with Gasteiger partial charge >= 0.3 is 0 Å². The van der Waals surface area contributed by atoms with Crippen molar-refractivity contribution in [3.05, 3.63) is 78.0 Å². The molecule has 1 amide bonds. The molecule has 0 radical (unpaired) electrons. The molecule has 0 bridgehead atoms. The summed E-state index contributed by atoms with van der Waals surface area (Å²) in [7, 11) is 0. The molecule has 0 saturated heterocycles. The van der Waals surface area contributed by atoms with Gasteiger partial charge in [0.25, 0.3) is 5.91 Å². The topological polar surface area (TPSA) is 77.2 Å².